The molecular weight excluding hydrogens is 380 g/mol. The average Bonchev–Trinajstić information content (AvgIpc) is 2.61. The van der Waals surface area contributed by atoms with E-state index in [4.69, 9.17) is 9.84 Å². The Morgan fingerprint density at radius 1 is 0.759 bits per heavy atom. The van der Waals surface area contributed by atoms with Crippen LogP contribution in [0, 0.1) is 0 Å². The number of esters is 3. The van der Waals surface area contributed by atoms with E-state index in [1.807, 2.05) is 0 Å². The molecule has 0 amide bonds. The van der Waals surface area contributed by atoms with Crippen molar-refractivity contribution in [2.45, 2.75) is 103 Å². The van der Waals surface area contributed by atoms with Crippen LogP contribution in [0.3, 0.4) is 0 Å². The van der Waals surface area contributed by atoms with Crippen LogP contribution < -0.4 is 0 Å². The topological polar surface area (TPSA) is 127 Å². The van der Waals surface area contributed by atoms with Gasteiger partial charge in [0.25, 0.3) is 0 Å². The second-order valence-electron chi connectivity index (χ2n) is 7.41. The smallest absolute Gasteiger partial charge is 0.336 e. The molecule has 0 radical (unpaired) electrons. The van der Waals surface area contributed by atoms with Crippen molar-refractivity contribution in [3.05, 3.63) is 0 Å². The molecule has 0 saturated carbocycles. The summed E-state index contributed by atoms with van der Waals surface area (Å²) in [5, 5.41) is 19.1. The second kappa shape index (κ2) is 15.9. The maximum absolute atomic E-state index is 11.8. The lowest BCUT2D eigenvalue weighted by Crippen LogP contribution is -2.43. The number of hydrogen-bond donors (Lipinski definition) is 2. The number of rotatable bonds is 17. The van der Waals surface area contributed by atoms with Gasteiger partial charge in [-0.1, -0.05) is 71.1 Å². The van der Waals surface area contributed by atoms with E-state index in [2.05, 4.69) is 11.7 Å². The first kappa shape index (κ1) is 27.0. The Kier molecular flexibility index (Phi) is 14.8. The number of hydrogen-bond acceptors (Lipinski definition) is 7. The van der Waals surface area contributed by atoms with Gasteiger partial charge in [-0.05, 0) is 6.42 Å². The summed E-state index contributed by atoms with van der Waals surface area (Å²) in [6.07, 6.45) is 10.7. The first-order valence-electron chi connectivity index (χ1n) is 10.5. The normalized spacial score (nSPS) is 12.8. The molecule has 0 aliphatic rings. The zero-order chi connectivity index (χ0) is 22.1. The van der Waals surface area contributed by atoms with Crippen molar-refractivity contribution in [2.75, 3.05) is 6.61 Å². The fourth-order valence-corrected chi connectivity index (χ4v) is 2.89. The summed E-state index contributed by atoms with van der Waals surface area (Å²) >= 11 is 0. The predicted molar refractivity (Wildman–Crippen MR) is 106 cm³/mol. The van der Waals surface area contributed by atoms with Crippen LogP contribution in [0.1, 0.15) is 97.3 Å². The fraction of sp³-hybridized carbons (Fsp3) is 0.810. The number of carboxylic acid groups (broad SMARTS) is 1. The van der Waals surface area contributed by atoms with Gasteiger partial charge < -0.3 is 19.7 Å². The maximum atomic E-state index is 11.8. The molecule has 0 rings (SSSR count). The van der Waals surface area contributed by atoms with Crippen LogP contribution in [0.4, 0.5) is 0 Å². The van der Waals surface area contributed by atoms with Crippen molar-refractivity contribution >= 4 is 23.9 Å². The molecule has 0 fully saturated rings. The van der Waals surface area contributed by atoms with E-state index < -0.39 is 42.3 Å². The van der Waals surface area contributed by atoms with Crippen molar-refractivity contribution in [3.63, 3.8) is 0 Å². The van der Waals surface area contributed by atoms with Crippen LogP contribution in [0.5, 0.6) is 0 Å². The molecular formula is C21H36O8. The predicted octanol–water partition coefficient (Wildman–Crippen LogP) is 3.53. The van der Waals surface area contributed by atoms with Gasteiger partial charge >= 0.3 is 23.9 Å². The van der Waals surface area contributed by atoms with E-state index in [-0.39, 0.29) is 6.61 Å². The number of unbranched alkanes of at least 4 members (excludes halogenated alkanes) is 10. The van der Waals surface area contributed by atoms with Gasteiger partial charge in [0.15, 0.2) is 5.60 Å². The van der Waals surface area contributed by atoms with Crippen molar-refractivity contribution in [2.24, 2.45) is 0 Å². The van der Waals surface area contributed by atoms with Gasteiger partial charge in [0, 0.05) is 6.92 Å². The molecule has 1 atom stereocenters. The third-order valence-corrected chi connectivity index (χ3v) is 4.54. The Morgan fingerprint density at radius 2 is 1.21 bits per heavy atom. The lowest BCUT2D eigenvalue weighted by molar-refractivity contribution is -0.175. The number of ether oxygens (including phenoxy) is 2. The number of carboxylic acids is 1. The Labute approximate surface area is 172 Å². The van der Waals surface area contributed by atoms with E-state index in [0.29, 0.717) is 6.42 Å². The molecule has 0 aromatic heterocycles. The monoisotopic (exact) mass is 416 g/mol. The van der Waals surface area contributed by atoms with E-state index in [9.17, 15) is 24.3 Å². The van der Waals surface area contributed by atoms with Gasteiger partial charge in [0.1, 0.15) is 0 Å². The van der Waals surface area contributed by atoms with Gasteiger partial charge in [-0.15, -0.1) is 0 Å². The van der Waals surface area contributed by atoms with Crippen LogP contribution in [-0.4, -0.2) is 46.3 Å². The third-order valence-electron chi connectivity index (χ3n) is 4.54. The summed E-state index contributed by atoms with van der Waals surface area (Å²) in [6, 6.07) is 0. The Balaban J connectivity index is 3.91. The molecule has 0 saturated heterocycles. The van der Waals surface area contributed by atoms with Gasteiger partial charge in [0.2, 0.25) is 0 Å². The van der Waals surface area contributed by atoms with Gasteiger partial charge in [0.05, 0.1) is 19.4 Å². The Morgan fingerprint density at radius 3 is 1.66 bits per heavy atom. The highest BCUT2D eigenvalue weighted by atomic mass is 16.6. The SMILES string of the molecule is CCCCCCCCCCCCCOC(=O)CC(O)(CC(=O)OC(C)=O)C(=O)O. The van der Waals surface area contributed by atoms with Crippen molar-refractivity contribution < 1.29 is 38.9 Å². The minimum Gasteiger partial charge on any atom is -0.479 e. The molecule has 0 aliphatic carbocycles. The highest BCUT2D eigenvalue weighted by molar-refractivity contribution is 5.91. The molecule has 0 aromatic rings. The van der Waals surface area contributed by atoms with Crippen LogP contribution >= 0.6 is 0 Å². The number of carbonyl (C=O) groups excluding carboxylic acids is 3. The Bertz CT molecular complexity index is 517. The lowest BCUT2D eigenvalue weighted by atomic mass is 9.96. The molecule has 2 N–H and O–H groups in total. The van der Waals surface area contributed by atoms with Crippen molar-refractivity contribution in [3.8, 4) is 0 Å². The first-order valence-corrected chi connectivity index (χ1v) is 10.5. The molecule has 1 unspecified atom stereocenters. The quantitative estimate of drug-likeness (QED) is 0.209. The third kappa shape index (κ3) is 14.7. The van der Waals surface area contributed by atoms with E-state index in [1.165, 1.54) is 44.9 Å². The molecule has 168 valence electrons. The average molecular weight is 417 g/mol. The molecule has 0 heterocycles. The highest BCUT2D eigenvalue weighted by Gasteiger charge is 2.42. The zero-order valence-electron chi connectivity index (χ0n) is 17.7. The minimum atomic E-state index is -2.67. The van der Waals surface area contributed by atoms with E-state index >= 15 is 0 Å². The maximum Gasteiger partial charge on any atom is 0.336 e. The summed E-state index contributed by atoms with van der Waals surface area (Å²) in [5.74, 6) is -4.83. The molecule has 29 heavy (non-hydrogen) atoms. The molecule has 8 heteroatoms. The zero-order valence-corrected chi connectivity index (χ0v) is 17.7. The lowest BCUT2D eigenvalue weighted by Gasteiger charge is -2.21. The van der Waals surface area contributed by atoms with Crippen molar-refractivity contribution in [1.29, 1.82) is 0 Å². The summed E-state index contributed by atoms with van der Waals surface area (Å²) in [7, 11) is 0. The Hall–Kier alpha value is -1.96. The molecule has 0 aliphatic heterocycles. The fourth-order valence-electron chi connectivity index (χ4n) is 2.89. The minimum absolute atomic E-state index is 0.128. The summed E-state index contributed by atoms with van der Waals surface area (Å²) in [5.41, 5.74) is -2.67. The second-order valence-corrected chi connectivity index (χ2v) is 7.41. The van der Waals surface area contributed by atoms with Crippen LogP contribution in [-0.2, 0) is 28.7 Å². The molecule has 0 aromatic carbocycles. The standard InChI is InChI=1S/C21H36O8/c1-3-4-5-6-7-8-9-10-11-12-13-14-28-18(23)15-21(27,20(25)26)16-19(24)29-17(2)22/h27H,3-16H2,1-2H3,(H,25,26). The van der Waals surface area contributed by atoms with Gasteiger partial charge in [-0.2, -0.15) is 0 Å². The van der Waals surface area contributed by atoms with Crippen LogP contribution in [0.25, 0.3) is 0 Å². The van der Waals surface area contributed by atoms with Gasteiger partial charge in [-0.3, -0.25) is 14.4 Å². The van der Waals surface area contributed by atoms with Crippen LogP contribution in [0.15, 0.2) is 0 Å². The van der Waals surface area contributed by atoms with Gasteiger partial charge in [-0.25, -0.2) is 4.79 Å². The molecule has 0 spiro atoms. The van der Waals surface area contributed by atoms with Crippen molar-refractivity contribution in [1.82, 2.24) is 0 Å². The van der Waals surface area contributed by atoms with E-state index in [0.717, 1.165) is 26.2 Å². The number of aliphatic hydroxyl groups is 1. The highest BCUT2D eigenvalue weighted by Crippen LogP contribution is 2.18. The number of carbonyl (C=O) groups is 4. The summed E-state index contributed by atoms with van der Waals surface area (Å²) in [6.45, 7) is 3.30. The molecule has 0 bridgehead atoms. The summed E-state index contributed by atoms with van der Waals surface area (Å²) < 4.78 is 9.15. The molecule has 8 nitrogen and oxygen atoms in total. The van der Waals surface area contributed by atoms with E-state index in [1.54, 1.807) is 0 Å². The largest absolute Gasteiger partial charge is 0.479 e. The number of aliphatic carboxylic acids is 1. The summed E-state index contributed by atoms with van der Waals surface area (Å²) in [4.78, 5) is 45.1. The van der Waals surface area contributed by atoms with Crippen LogP contribution in [0.2, 0.25) is 0 Å². The first-order chi connectivity index (χ1) is 13.7.